The summed E-state index contributed by atoms with van der Waals surface area (Å²) in [5, 5.41) is 0. The Balaban J connectivity index is 1.64. The first-order valence-electron chi connectivity index (χ1n) is 9.85. The second kappa shape index (κ2) is 9.16. The quantitative estimate of drug-likeness (QED) is 0.515. The van der Waals surface area contributed by atoms with Gasteiger partial charge in [-0.1, -0.05) is 6.07 Å². The SMILES string of the molecule is COC(=O)c1c(S(=O)(=O)Nc2ccc(F)cc2)sc2c1CCN(Cc1ccc(F)c(F)c1)C2. The van der Waals surface area contributed by atoms with Gasteiger partial charge < -0.3 is 4.74 Å². The summed E-state index contributed by atoms with van der Waals surface area (Å²) in [6, 6.07) is 8.48. The molecule has 0 fully saturated rings. The van der Waals surface area contributed by atoms with Gasteiger partial charge in [0.15, 0.2) is 15.8 Å². The number of ether oxygens (including phenoxy) is 1. The van der Waals surface area contributed by atoms with Crippen LogP contribution < -0.4 is 4.72 Å². The van der Waals surface area contributed by atoms with Crippen LogP contribution in [0, 0.1) is 17.5 Å². The number of esters is 1. The lowest BCUT2D eigenvalue weighted by molar-refractivity contribution is 0.0595. The molecular weight excluding hydrogens is 477 g/mol. The lowest BCUT2D eigenvalue weighted by atomic mass is 10.0. The molecule has 0 amide bonds. The molecule has 2 aromatic carbocycles. The van der Waals surface area contributed by atoms with Gasteiger partial charge in [0.25, 0.3) is 10.0 Å². The van der Waals surface area contributed by atoms with E-state index in [0.29, 0.717) is 42.1 Å². The number of nitrogens with zero attached hydrogens (tertiary/aromatic N) is 1. The fraction of sp³-hybridized carbons (Fsp3) is 0.227. The number of anilines is 1. The zero-order valence-electron chi connectivity index (χ0n) is 17.4. The van der Waals surface area contributed by atoms with Crippen molar-refractivity contribution < 1.29 is 31.1 Å². The molecule has 1 aliphatic rings. The van der Waals surface area contributed by atoms with Gasteiger partial charge in [-0.2, -0.15) is 0 Å². The molecule has 0 bridgehead atoms. The Kier molecular flexibility index (Phi) is 6.46. The predicted octanol–water partition coefficient (Wildman–Crippen LogP) is 4.31. The molecular formula is C22H19F3N2O4S2. The van der Waals surface area contributed by atoms with E-state index in [1.54, 1.807) is 0 Å². The standard InChI is InChI=1S/C22H19F3N2O4S2/c1-31-21(28)20-16-8-9-27(11-13-2-7-17(24)18(25)10-13)12-19(16)32-22(20)33(29,30)26-15-5-3-14(23)4-6-15/h2-7,10,26H,8-9,11-12H2,1H3. The molecule has 0 saturated carbocycles. The summed E-state index contributed by atoms with van der Waals surface area (Å²) in [6.45, 7) is 1.14. The fourth-order valence-corrected chi connectivity index (χ4v) is 6.67. The normalized spacial score (nSPS) is 14.1. The summed E-state index contributed by atoms with van der Waals surface area (Å²) in [5.74, 6) is -3.14. The highest BCUT2D eigenvalue weighted by Crippen LogP contribution is 2.37. The van der Waals surface area contributed by atoms with Crippen LogP contribution in [0.3, 0.4) is 0 Å². The maximum Gasteiger partial charge on any atom is 0.340 e. The average Bonchev–Trinajstić information content (AvgIpc) is 3.17. The Bertz CT molecular complexity index is 1310. The first kappa shape index (κ1) is 23.3. The molecule has 0 saturated heterocycles. The molecule has 2 heterocycles. The maximum atomic E-state index is 13.6. The predicted molar refractivity (Wildman–Crippen MR) is 117 cm³/mol. The molecule has 0 unspecified atom stereocenters. The number of fused-ring (bicyclic) bond motifs is 1. The van der Waals surface area contributed by atoms with Crippen molar-refractivity contribution in [2.45, 2.75) is 23.7 Å². The average molecular weight is 497 g/mol. The molecule has 1 aromatic heterocycles. The first-order chi connectivity index (χ1) is 15.7. The number of hydrogen-bond donors (Lipinski definition) is 1. The van der Waals surface area contributed by atoms with Gasteiger partial charge in [0.2, 0.25) is 0 Å². The van der Waals surface area contributed by atoms with Crippen molar-refractivity contribution in [1.82, 2.24) is 4.90 Å². The maximum absolute atomic E-state index is 13.6. The van der Waals surface area contributed by atoms with E-state index in [4.69, 9.17) is 4.74 Å². The number of sulfonamides is 1. The number of benzene rings is 2. The molecule has 0 radical (unpaired) electrons. The van der Waals surface area contributed by atoms with Crippen molar-refractivity contribution in [3.63, 3.8) is 0 Å². The fourth-order valence-electron chi connectivity index (χ4n) is 3.68. The van der Waals surface area contributed by atoms with E-state index in [0.717, 1.165) is 35.6 Å². The van der Waals surface area contributed by atoms with E-state index >= 15 is 0 Å². The lowest BCUT2D eigenvalue weighted by Crippen LogP contribution is -2.30. The third-order valence-corrected chi connectivity index (χ3v) is 8.34. The number of methoxy groups -OCH3 is 1. The van der Waals surface area contributed by atoms with Crippen molar-refractivity contribution >= 4 is 33.0 Å². The highest BCUT2D eigenvalue weighted by molar-refractivity contribution is 7.94. The monoisotopic (exact) mass is 496 g/mol. The van der Waals surface area contributed by atoms with Crippen LogP contribution in [0.4, 0.5) is 18.9 Å². The number of thiophene rings is 1. The summed E-state index contributed by atoms with van der Waals surface area (Å²) < 4.78 is 73.1. The highest BCUT2D eigenvalue weighted by Gasteiger charge is 2.34. The molecule has 33 heavy (non-hydrogen) atoms. The largest absolute Gasteiger partial charge is 0.465 e. The van der Waals surface area contributed by atoms with Crippen LogP contribution in [0.5, 0.6) is 0 Å². The van der Waals surface area contributed by atoms with E-state index in [2.05, 4.69) is 4.72 Å². The zero-order valence-corrected chi connectivity index (χ0v) is 19.0. The van der Waals surface area contributed by atoms with E-state index in [1.807, 2.05) is 4.90 Å². The van der Waals surface area contributed by atoms with Crippen molar-refractivity contribution in [1.29, 1.82) is 0 Å². The van der Waals surface area contributed by atoms with Crippen molar-refractivity contribution in [2.75, 3.05) is 18.4 Å². The van der Waals surface area contributed by atoms with Gasteiger partial charge in [-0.15, -0.1) is 11.3 Å². The Hall–Kier alpha value is -2.89. The Morgan fingerprint density at radius 1 is 1.12 bits per heavy atom. The second-order valence-corrected chi connectivity index (χ2v) is 10.5. The molecule has 0 aliphatic carbocycles. The lowest BCUT2D eigenvalue weighted by Gasteiger charge is -2.27. The van der Waals surface area contributed by atoms with E-state index < -0.39 is 33.4 Å². The third kappa shape index (κ3) is 4.90. The number of carbonyl (C=O) groups excluding carboxylic acids is 1. The number of halogens is 3. The minimum atomic E-state index is -4.16. The van der Waals surface area contributed by atoms with Crippen molar-refractivity contribution in [2.24, 2.45) is 0 Å². The molecule has 1 aliphatic heterocycles. The minimum Gasteiger partial charge on any atom is -0.465 e. The Morgan fingerprint density at radius 2 is 1.85 bits per heavy atom. The van der Waals surface area contributed by atoms with Crippen molar-refractivity contribution in [3.8, 4) is 0 Å². The van der Waals surface area contributed by atoms with Crippen LogP contribution in [-0.2, 0) is 34.3 Å². The highest BCUT2D eigenvalue weighted by atomic mass is 32.2. The van der Waals surface area contributed by atoms with Crippen LogP contribution in [0.15, 0.2) is 46.7 Å². The Labute approximate surface area is 192 Å². The number of nitrogens with one attached hydrogen (secondary N) is 1. The molecule has 6 nitrogen and oxygen atoms in total. The third-order valence-electron chi connectivity index (χ3n) is 5.22. The second-order valence-electron chi connectivity index (χ2n) is 7.48. The summed E-state index contributed by atoms with van der Waals surface area (Å²) in [6.07, 6.45) is 0.381. The van der Waals surface area contributed by atoms with Gasteiger partial charge in [-0.05, 0) is 53.9 Å². The molecule has 0 spiro atoms. The van der Waals surface area contributed by atoms with E-state index in [1.165, 1.54) is 25.3 Å². The first-order valence-corrected chi connectivity index (χ1v) is 12.2. The minimum absolute atomic E-state index is 0.0143. The number of rotatable bonds is 6. The summed E-state index contributed by atoms with van der Waals surface area (Å²) >= 11 is 0.954. The molecule has 174 valence electrons. The summed E-state index contributed by atoms with van der Waals surface area (Å²) in [7, 11) is -2.98. The molecule has 1 N–H and O–H groups in total. The summed E-state index contributed by atoms with van der Waals surface area (Å²) in [5.41, 5.74) is 1.30. The topological polar surface area (TPSA) is 75.7 Å². The van der Waals surface area contributed by atoms with Crippen molar-refractivity contribution in [3.05, 3.63) is 81.5 Å². The van der Waals surface area contributed by atoms with Crippen LogP contribution >= 0.6 is 11.3 Å². The summed E-state index contributed by atoms with van der Waals surface area (Å²) in [4.78, 5) is 15.1. The van der Waals surface area contributed by atoms with E-state index in [-0.39, 0.29) is 15.5 Å². The number of hydrogen-bond acceptors (Lipinski definition) is 6. The van der Waals surface area contributed by atoms with Crippen LogP contribution in [-0.4, -0.2) is 32.9 Å². The van der Waals surface area contributed by atoms with Crippen LogP contribution in [0.2, 0.25) is 0 Å². The van der Waals surface area contributed by atoms with Crippen LogP contribution in [0.1, 0.15) is 26.4 Å². The molecule has 3 aromatic rings. The van der Waals surface area contributed by atoms with Crippen LogP contribution in [0.25, 0.3) is 0 Å². The smallest absolute Gasteiger partial charge is 0.340 e. The van der Waals surface area contributed by atoms with Gasteiger partial charge in [0.05, 0.1) is 12.7 Å². The number of carbonyl (C=O) groups is 1. The molecule has 0 atom stereocenters. The van der Waals surface area contributed by atoms with Gasteiger partial charge in [0, 0.05) is 30.2 Å². The van der Waals surface area contributed by atoms with Gasteiger partial charge >= 0.3 is 5.97 Å². The molecule has 11 heteroatoms. The Morgan fingerprint density at radius 3 is 2.52 bits per heavy atom. The molecule has 4 rings (SSSR count). The van der Waals surface area contributed by atoms with Gasteiger partial charge in [0.1, 0.15) is 5.82 Å². The van der Waals surface area contributed by atoms with Gasteiger partial charge in [-0.25, -0.2) is 26.4 Å². The zero-order chi connectivity index (χ0) is 23.8. The van der Waals surface area contributed by atoms with E-state index in [9.17, 15) is 26.4 Å². The van der Waals surface area contributed by atoms with Gasteiger partial charge in [-0.3, -0.25) is 9.62 Å².